The number of nitrogens with zero attached hydrogens (tertiary/aromatic N) is 1. The van der Waals surface area contributed by atoms with Gasteiger partial charge in [-0.05, 0) is 76.7 Å². The van der Waals surface area contributed by atoms with Crippen LogP contribution >= 0.6 is 0 Å². The fourth-order valence-corrected chi connectivity index (χ4v) is 4.42. The number of amides is 3. The monoisotopic (exact) mass is 587 g/mol. The summed E-state index contributed by atoms with van der Waals surface area (Å²) in [6.45, 7) is 9.64. The minimum atomic E-state index is -0.941. The van der Waals surface area contributed by atoms with Crippen LogP contribution in [0, 0.1) is 0 Å². The molecule has 1 aliphatic rings. The van der Waals surface area contributed by atoms with Crippen LogP contribution in [0.25, 0.3) is 0 Å². The summed E-state index contributed by atoms with van der Waals surface area (Å²) >= 11 is 0. The highest BCUT2D eigenvalue weighted by Gasteiger charge is 2.39. The highest BCUT2D eigenvalue weighted by molar-refractivity contribution is 5.91. The Balaban J connectivity index is 2.18. The maximum Gasteiger partial charge on any atom is 0.408 e. The summed E-state index contributed by atoms with van der Waals surface area (Å²) in [7, 11) is 2.84. The summed E-state index contributed by atoms with van der Waals surface area (Å²) in [5, 5.41) is 5.39. The van der Waals surface area contributed by atoms with E-state index in [-0.39, 0.29) is 19.6 Å². The Labute approximate surface area is 248 Å². The molecule has 0 aliphatic carbocycles. The molecule has 0 spiro atoms. The van der Waals surface area contributed by atoms with Crippen molar-refractivity contribution in [2.24, 2.45) is 0 Å². The molecule has 1 fully saturated rings. The number of hydrogen-bond acceptors (Lipinski definition) is 8. The molecule has 11 heteroatoms. The summed E-state index contributed by atoms with van der Waals surface area (Å²) in [4.78, 5) is 52.6. The number of alkyl carbamates (subject to hydrolysis) is 2. The molecule has 2 rings (SSSR count). The second-order valence-electron chi connectivity index (χ2n) is 11.1. The van der Waals surface area contributed by atoms with Gasteiger partial charge in [-0.15, -0.1) is 0 Å². The van der Waals surface area contributed by atoms with Gasteiger partial charge in [0.1, 0.15) is 24.3 Å². The molecule has 232 valence electrons. The lowest BCUT2D eigenvalue weighted by molar-refractivity contribution is -0.154. The first kappa shape index (κ1) is 34.2. The van der Waals surface area contributed by atoms with E-state index < -0.39 is 41.7 Å². The van der Waals surface area contributed by atoms with Crippen LogP contribution in [-0.2, 0) is 35.1 Å². The van der Waals surface area contributed by atoms with Crippen molar-refractivity contribution in [3.8, 4) is 0 Å². The topological polar surface area (TPSA) is 132 Å². The Bertz CT molecular complexity index is 1140. The number of carbonyl (C=O) groups is 4. The van der Waals surface area contributed by atoms with Gasteiger partial charge in [0.15, 0.2) is 0 Å². The quantitative estimate of drug-likeness (QED) is 0.157. The van der Waals surface area contributed by atoms with Crippen LogP contribution in [0.3, 0.4) is 0 Å². The summed E-state index contributed by atoms with van der Waals surface area (Å²) in [6, 6.07) is 7.39. The summed E-state index contributed by atoms with van der Waals surface area (Å²) in [5.74, 6) is -0.286. The molecular formula is C31H45N3O8. The van der Waals surface area contributed by atoms with Crippen LogP contribution in [0.4, 0.5) is 9.59 Å². The van der Waals surface area contributed by atoms with Gasteiger partial charge in [-0.2, -0.15) is 0 Å². The van der Waals surface area contributed by atoms with Crippen molar-refractivity contribution < 1.29 is 38.1 Å². The number of piperidine rings is 1. The molecule has 11 nitrogen and oxygen atoms in total. The Kier molecular flexibility index (Phi) is 13.4. The van der Waals surface area contributed by atoms with Crippen molar-refractivity contribution in [2.45, 2.75) is 84.6 Å². The zero-order valence-electron chi connectivity index (χ0n) is 25.8. The number of likely N-dealkylation sites (tertiary alicyclic amines) is 1. The van der Waals surface area contributed by atoms with Crippen LogP contribution < -0.4 is 10.6 Å². The lowest BCUT2D eigenvalue weighted by atomic mass is 9.92. The van der Waals surface area contributed by atoms with Gasteiger partial charge in [0.2, 0.25) is 5.91 Å². The van der Waals surface area contributed by atoms with Gasteiger partial charge in [-0.3, -0.25) is 4.79 Å². The molecule has 0 unspecified atom stereocenters. The van der Waals surface area contributed by atoms with Crippen molar-refractivity contribution in [3.63, 3.8) is 0 Å². The maximum absolute atomic E-state index is 13.7. The second kappa shape index (κ2) is 16.4. The highest BCUT2D eigenvalue weighted by atomic mass is 16.6. The predicted octanol–water partition coefficient (Wildman–Crippen LogP) is 4.62. The Morgan fingerprint density at radius 2 is 1.74 bits per heavy atom. The Morgan fingerprint density at radius 3 is 2.36 bits per heavy atom. The fraction of sp³-hybridized carbons (Fsp3) is 0.548. The third-order valence-corrected chi connectivity index (χ3v) is 6.62. The minimum Gasteiger partial charge on any atom is -0.501 e. The highest BCUT2D eigenvalue weighted by Crippen LogP contribution is 2.26. The molecule has 0 bridgehead atoms. The van der Waals surface area contributed by atoms with Crippen LogP contribution in [0.15, 0.2) is 53.3 Å². The van der Waals surface area contributed by atoms with Gasteiger partial charge in [0.25, 0.3) is 0 Å². The Hall–Kier alpha value is -4.02. The first-order valence-corrected chi connectivity index (χ1v) is 14.1. The van der Waals surface area contributed by atoms with Crippen molar-refractivity contribution in [2.75, 3.05) is 27.3 Å². The lowest BCUT2D eigenvalue weighted by Crippen LogP contribution is -2.58. The molecular weight excluding hydrogens is 542 g/mol. The summed E-state index contributed by atoms with van der Waals surface area (Å²) in [5.41, 5.74) is 1.93. The molecule has 42 heavy (non-hydrogen) atoms. The smallest absolute Gasteiger partial charge is 0.408 e. The van der Waals surface area contributed by atoms with Crippen LogP contribution in [-0.4, -0.2) is 74.0 Å². The van der Waals surface area contributed by atoms with E-state index in [1.807, 2.05) is 50.3 Å². The van der Waals surface area contributed by atoms with E-state index in [0.717, 1.165) is 16.7 Å². The zero-order chi connectivity index (χ0) is 31.3. The van der Waals surface area contributed by atoms with Crippen molar-refractivity contribution in [3.05, 3.63) is 58.9 Å². The molecule has 0 aromatic heterocycles. The normalized spacial score (nSPS) is 17.6. The third kappa shape index (κ3) is 11.5. The average Bonchev–Trinajstić information content (AvgIpc) is 2.94. The van der Waals surface area contributed by atoms with E-state index in [4.69, 9.17) is 18.9 Å². The molecule has 1 saturated heterocycles. The fourth-order valence-electron chi connectivity index (χ4n) is 4.42. The Morgan fingerprint density at radius 1 is 1.05 bits per heavy atom. The molecule has 1 aromatic rings. The van der Waals surface area contributed by atoms with Crippen LogP contribution in [0.1, 0.15) is 65.9 Å². The van der Waals surface area contributed by atoms with Gasteiger partial charge in [-0.1, -0.05) is 30.3 Å². The molecule has 2 N–H and O–H groups in total. The zero-order valence-corrected chi connectivity index (χ0v) is 25.8. The van der Waals surface area contributed by atoms with E-state index in [1.165, 1.54) is 12.0 Å². The number of ether oxygens (including phenoxy) is 4. The van der Waals surface area contributed by atoms with Crippen molar-refractivity contribution in [1.29, 1.82) is 0 Å². The van der Waals surface area contributed by atoms with Gasteiger partial charge in [-0.25, -0.2) is 14.4 Å². The number of hydrogen-bond donors (Lipinski definition) is 2. The standard InChI is InChI=1S/C31H45N3O8/c1-21(17-22(2)39-6)24-18-25(33-30(38)41-20-23-13-9-8-10-14-23)27(35)34(19-24)26(28(36)40-7)15-11-12-16-32-29(37)42-31(3,4)5/h8-10,13-14,17,25-26H,11-12,15-16,18-20H2,1-7H3,(H,32,37)(H,33,38)/b22-17+,24-21-/t25-,26-/m0/s1. The van der Waals surface area contributed by atoms with E-state index >= 15 is 0 Å². The number of benzene rings is 1. The van der Waals surface area contributed by atoms with Crippen LogP contribution in [0.5, 0.6) is 0 Å². The molecule has 2 atom stereocenters. The van der Waals surface area contributed by atoms with Gasteiger partial charge < -0.3 is 34.5 Å². The van der Waals surface area contributed by atoms with E-state index in [1.54, 1.807) is 27.9 Å². The number of unbranched alkanes of at least 4 members (excludes halogenated alkanes) is 1. The minimum absolute atomic E-state index is 0.0525. The SMILES string of the molecule is COC(=O)[C@H](CCCCNC(=O)OC(C)(C)C)N1C/C(=C(C)\C=C(/C)OC)C[C@H](NC(=O)OCc2ccccc2)C1=O. The number of carbonyl (C=O) groups excluding carboxylic acids is 4. The van der Waals surface area contributed by atoms with E-state index in [9.17, 15) is 19.2 Å². The van der Waals surface area contributed by atoms with Gasteiger partial charge in [0.05, 0.1) is 20.0 Å². The summed E-state index contributed by atoms with van der Waals surface area (Å²) < 4.78 is 21.0. The predicted molar refractivity (Wildman–Crippen MR) is 157 cm³/mol. The number of methoxy groups -OCH3 is 2. The molecule has 1 aliphatic heterocycles. The first-order chi connectivity index (χ1) is 19.8. The lowest BCUT2D eigenvalue weighted by Gasteiger charge is -2.38. The van der Waals surface area contributed by atoms with Crippen LogP contribution in [0.2, 0.25) is 0 Å². The largest absolute Gasteiger partial charge is 0.501 e. The number of esters is 1. The molecule has 1 heterocycles. The molecule has 1 aromatic carbocycles. The van der Waals surface area contributed by atoms with E-state index in [0.29, 0.717) is 31.6 Å². The first-order valence-electron chi connectivity index (χ1n) is 14.1. The van der Waals surface area contributed by atoms with Gasteiger partial charge in [0, 0.05) is 19.5 Å². The second-order valence-corrected chi connectivity index (χ2v) is 11.1. The third-order valence-electron chi connectivity index (χ3n) is 6.62. The summed E-state index contributed by atoms with van der Waals surface area (Å²) in [6.07, 6.45) is 2.24. The van der Waals surface area contributed by atoms with Gasteiger partial charge >= 0.3 is 18.2 Å². The van der Waals surface area contributed by atoms with Crippen molar-refractivity contribution >= 4 is 24.1 Å². The maximum atomic E-state index is 13.7. The average molecular weight is 588 g/mol. The number of nitrogens with one attached hydrogen (secondary N) is 2. The molecule has 0 radical (unpaired) electrons. The van der Waals surface area contributed by atoms with Crippen molar-refractivity contribution in [1.82, 2.24) is 15.5 Å². The molecule has 3 amide bonds. The number of allylic oxidation sites excluding steroid dienone is 3. The van der Waals surface area contributed by atoms with E-state index in [2.05, 4.69) is 10.6 Å². The molecule has 0 saturated carbocycles. The number of rotatable bonds is 12.